The molecule has 6 rings (SSSR count). The van der Waals surface area contributed by atoms with Crippen molar-refractivity contribution in [3.63, 3.8) is 0 Å². The van der Waals surface area contributed by atoms with Gasteiger partial charge in [-0.3, -0.25) is 14.8 Å². The maximum atomic E-state index is 13.5. The highest BCUT2D eigenvalue weighted by atomic mass is 16.1. The number of nitrogens with zero attached hydrogens (tertiary/aromatic N) is 7. The first-order chi connectivity index (χ1) is 17.5. The van der Waals surface area contributed by atoms with Crippen molar-refractivity contribution in [3.8, 4) is 28.3 Å². The van der Waals surface area contributed by atoms with E-state index < -0.39 is 0 Å². The zero-order chi connectivity index (χ0) is 24.8. The molecular weight excluding hydrogens is 450 g/mol. The van der Waals surface area contributed by atoms with Gasteiger partial charge in [0.1, 0.15) is 5.69 Å². The number of fused-ring (bicyclic) bond motifs is 3. The fourth-order valence-electron chi connectivity index (χ4n) is 4.34. The molecule has 2 aliphatic rings. The second-order valence-electron chi connectivity index (χ2n) is 8.91. The molecule has 36 heavy (non-hydrogen) atoms. The van der Waals surface area contributed by atoms with Gasteiger partial charge in [-0.05, 0) is 73.9 Å². The van der Waals surface area contributed by atoms with E-state index >= 15 is 0 Å². The lowest BCUT2D eigenvalue weighted by atomic mass is 10.1. The maximum Gasteiger partial charge on any atom is 0.301 e. The van der Waals surface area contributed by atoms with E-state index in [9.17, 15) is 4.79 Å². The van der Waals surface area contributed by atoms with Crippen LogP contribution in [-0.2, 0) is 6.54 Å². The summed E-state index contributed by atoms with van der Waals surface area (Å²) >= 11 is 0. The van der Waals surface area contributed by atoms with E-state index in [1.807, 2.05) is 87.8 Å². The molecule has 3 aromatic heterocycles. The summed E-state index contributed by atoms with van der Waals surface area (Å²) in [5.74, 6) is 0. The molecule has 0 aliphatic carbocycles. The van der Waals surface area contributed by atoms with Crippen LogP contribution in [-0.4, -0.2) is 34.5 Å². The molecule has 5 heterocycles. The van der Waals surface area contributed by atoms with Gasteiger partial charge in [0.05, 0.1) is 17.9 Å². The lowest BCUT2D eigenvalue weighted by Gasteiger charge is -2.11. The summed E-state index contributed by atoms with van der Waals surface area (Å²) < 4.78 is 3.20. The molecule has 0 unspecified atom stereocenters. The minimum atomic E-state index is -0.251. The molecule has 0 spiro atoms. The first-order valence-electron chi connectivity index (χ1n) is 11.7. The minimum absolute atomic E-state index is 0.251. The van der Waals surface area contributed by atoms with E-state index in [0.29, 0.717) is 23.6 Å². The smallest absolute Gasteiger partial charge is 0.265 e. The first-order valence-corrected chi connectivity index (χ1v) is 11.7. The Morgan fingerprint density at radius 3 is 2.47 bits per heavy atom. The summed E-state index contributed by atoms with van der Waals surface area (Å²) in [5.41, 5.74) is 7.83. The van der Waals surface area contributed by atoms with Crippen LogP contribution in [0.15, 0.2) is 78.0 Å². The lowest BCUT2D eigenvalue weighted by Crippen LogP contribution is -2.18. The minimum Gasteiger partial charge on any atom is -0.265 e. The molecule has 0 saturated heterocycles. The standard InChI is InChI=1S/C28H23N7O/c1-17-6-4-8-24(19(17)3)35-28(36)26-25(33-35)22-7-5-13-29-27(22)34(32-26)16-20-10-12-23(31-14-20)21-11-9-18(2)30-15-21/h4-15H,16H2,1-3H3. The zero-order valence-electron chi connectivity index (χ0n) is 20.2. The molecule has 8 nitrogen and oxygen atoms in total. The average Bonchev–Trinajstić information content (AvgIpc) is 3.23. The van der Waals surface area contributed by atoms with E-state index in [2.05, 4.69) is 20.1 Å². The molecule has 0 saturated carbocycles. The van der Waals surface area contributed by atoms with Crippen molar-refractivity contribution in [2.24, 2.45) is 0 Å². The van der Waals surface area contributed by atoms with Gasteiger partial charge in [-0.15, -0.1) is 0 Å². The fourth-order valence-corrected chi connectivity index (χ4v) is 4.34. The topological polar surface area (TPSA) is 91.4 Å². The monoisotopic (exact) mass is 473 g/mol. The van der Waals surface area contributed by atoms with Crippen LogP contribution in [0.4, 0.5) is 0 Å². The maximum absolute atomic E-state index is 13.5. The molecule has 1 aromatic carbocycles. The summed E-state index contributed by atoms with van der Waals surface area (Å²) in [6.45, 7) is 6.38. The molecule has 0 fully saturated rings. The van der Waals surface area contributed by atoms with Gasteiger partial charge in [-0.25, -0.2) is 9.67 Å². The van der Waals surface area contributed by atoms with Crippen LogP contribution in [0, 0.1) is 20.8 Å². The third-order valence-corrected chi connectivity index (χ3v) is 6.49. The normalized spacial score (nSPS) is 11.4. The highest BCUT2D eigenvalue weighted by Crippen LogP contribution is 2.26. The highest BCUT2D eigenvalue weighted by molar-refractivity contribution is 5.89. The van der Waals surface area contributed by atoms with Gasteiger partial charge in [0.2, 0.25) is 0 Å². The number of pyridine rings is 3. The van der Waals surface area contributed by atoms with Crippen LogP contribution in [0.3, 0.4) is 0 Å². The average molecular weight is 474 g/mol. The predicted octanol–water partition coefficient (Wildman–Crippen LogP) is 4.51. The van der Waals surface area contributed by atoms with Crippen LogP contribution in [0.25, 0.3) is 39.4 Å². The predicted molar refractivity (Wildman–Crippen MR) is 138 cm³/mol. The van der Waals surface area contributed by atoms with Gasteiger partial charge in [0.25, 0.3) is 0 Å². The molecule has 0 atom stereocenters. The van der Waals surface area contributed by atoms with Crippen LogP contribution < -0.4 is 5.56 Å². The summed E-state index contributed by atoms with van der Waals surface area (Å²) in [5, 5.41) is 10.2. The molecular formula is C28H23N7O. The van der Waals surface area contributed by atoms with Gasteiger partial charge in [0.15, 0.2) is 11.3 Å². The molecule has 0 bridgehead atoms. The lowest BCUT2D eigenvalue weighted by molar-refractivity contribution is 0.688. The van der Waals surface area contributed by atoms with Crippen molar-refractivity contribution in [2.45, 2.75) is 27.3 Å². The van der Waals surface area contributed by atoms with Crippen LogP contribution >= 0.6 is 0 Å². The summed E-state index contributed by atoms with van der Waals surface area (Å²) in [4.78, 5) is 27.0. The molecule has 2 aliphatic heterocycles. The number of benzene rings is 1. The third-order valence-electron chi connectivity index (χ3n) is 6.49. The Morgan fingerprint density at radius 2 is 1.69 bits per heavy atom. The molecule has 4 aromatic rings. The first kappa shape index (κ1) is 21.8. The third kappa shape index (κ3) is 3.63. The Balaban J connectivity index is 1.45. The SMILES string of the molecule is Cc1ccc(-c2ccc(Cn3nc4c(=O)n(-c5cccc(C)c5C)nc-4c4cccnc43)cn2)cn1. The van der Waals surface area contributed by atoms with Gasteiger partial charge in [-0.2, -0.15) is 14.9 Å². The second kappa shape index (κ2) is 8.49. The number of hydrogen-bond donors (Lipinski definition) is 0. The van der Waals surface area contributed by atoms with Crippen molar-refractivity contribution in [1.82, 2.24) is 34.5 Å². The Bertz CT molecular complexity index is 1750. The zero-order valence-corrected chi connectivity index (χ0v) is 20.2. The van der Waals surface area contributed by atoms with E-state index in [1.54, 1.807) is 10.9 Å². The molecule has 0 N–H and O–H groups in total. The largest absolute Gasteiger partial charge is 0.301 e. The van der Waals surface area contributed by atoms with Gasteiger partial charge in [-0.1, -0.05) is 18.2 Å². The van der Waals surface area contributed by atoms with Crippen molar-refractivity contribution in [3.05, 3.63) is 106 Å². The Kier molecular flexibility index (Phi) is 5.14. The summed E-state index contributed by atoms with van der Waals surface area (Å²) in [6, 6.07) is 17.6. The van der Waals surface area contributed by atoms with Crippen LogP contribution in [0.5, 0.6) is 0 Å². The van der Waals surface area contributed by atoms with Crippen LogP contribution in [0.2, 0.25) is 0 Å². The molecule has 176 valence electrons. The summed E-state index contributed by atoms with van der Waals surface area (Å²) in [7, 11) is 0. The van der Waals surface area contributed by atoms with Gasteiger partial charge < -0.3 is 0 Å². The quantitative estimate of drug-likeness (QED) is 0.374. The van der Waals surface area contributed by atoms with Crippen molar-refractivity contribution >= 4 is 11.0 Å². The van der Waals surface area contributed by atoms with E-state index in [0.717, 1.165) is 44.7 Å². The molecule has 0 radical (unpaired) electrons. The fraction of sp³-hybridized carbons (Fsp3) is 0.143. The second-order valence-corrected chi connectivity index (χ2v) is 8.91. The number of aromatic nitrogens is 7. The Morgan fingerprint density at radius 1 is 0.806 bits per heavy atom. The van der Waals surface area contributed by atoms with E-state index in [1.165, 1.54) is 4.68 Å². The van der Waals surface area contributed by atoms with Gasteiger partial charge >= 0.3 is 5.56 Å². The number of hydrogen-bond acceptors (Lipinski definition) is 6. The Labute approximate surface area is 207 Å². The van der Waals surface area contributed by atoms with Crippen LogP contribution in [0.1, 0.15) is 22.4 Å². The van der Waals surface area contributed by atoms with Crippen molar-refractivity contribution in [1.29, 1.82) is 0 Å². The number of rotatable bonds is 4. The molecule has 8 heteroatoms. The van der Waals surface area contributed by atoms with Crippen molar-refractivity contribution in [2.75, 3.05) is 0 Å². The van der Waals surface area contributed by atoms with E-state index in [-0.39, 0.29) is 5.56 Å². The van der Waals surface area contributed by atoms with Crippen molar-refractivity contribution < 1.29 is 0 Å². The van der Waals surface area contributed by atoms with E-state index in [4.69, 9.17) is 5.10 Å². The Hall–Kier alpha value is -4.72. The number of aryl methyl sites for hydroxylation is 2. The molecule has 0 amide bonds. The summed E-state index contributed by atoms with van der Waals surface area (Å²) in [6.07, 6.45) is 5.36. The van der Waals surface area contributed by atoms with Gasteiger partial charge in [0, 0.05) is 35.2 Å². The highest BCUT2D eigenvalue weighted by Gasteiger charge is 2.24.